The number of hydrogen-bond donors (Lipinski definition) is 3. The second kappa shape index (κ2) is 9.71. The van der Waals surface area contributed by atoms with Crippen molar-refractivity contribution < 1.29 is 23.4 Å². The van der Waals surface area contributed by atoms with Gasteiger partial charge in [-0.1, -0.05) is 15.9 Å². The standard InChI is InChI=1S/C23H26BrN3O5S/c1-27(2)9-8-26-22(30)18-11-16(23(14-25)6-3-7-23)10-15(21(18)29)13-33(31,32)20-12-17(24)4-5-19(20)28/h4-5,10-12,28-29H,3,6-9,13H2,1-2H3,(H,26,30). The number of sulfone groups is 1. The van der Waals surface area contributed by atoms with Crippen molar-refractivity contribution in [1.29, 1.82) is 5.26 Å². The molecule has 3 rings (SSSR count). The zero-order valence-electron chi connectivity index (χ0n) is 18.4. The number of amides is 1. The summed E-state index contributed by atoms with van der Waals surface area (Å²) in [6.07, 6.45) is 2.03. The second-order valence-electron chi connectivity index (χ2n) is 8.51. The summed E-state index contributed by atoms with van der Waals surface area (Å²) in [4.78, 5) is 14.4. The molecule has 0 bridgehead atoms. The largest absolute Gasteiger partial charge is 0.507 e. The Kier molecular flexibility index (Phi) is 7.36. The molecule has 33 heavy (non-hydrogen) atoms. The number of carbonyl (C=O) groups excluding carboxylic acids is 1. The van der Waals surface area contributed by atoms with Gasteiger partial charge in [0.15, 0.2) is 9.84 Å². The van der Waals surface area contributed by atoms with Gasteiger partial charge in [-0.05, 0) is 69.3 Å². The van der Waals surface area contributed by atoms with Gasteiger partial charge in [-0.15, -0.1) is 0 Å². The molecule has 1 aliphatic carbocycles. The number of phenolic OH excluding ortho intramolecular Hbond substituents is 2. The minimum Gasteiger partial charge on any atom is -0.507 e. The summed E-state index contributed by atoms with van der Waals surface area (Å²) in [6.45, 7) is 0.913. The zero-order valence-corrected chi connectivity index (χ0v) is 20.8. The van der Waals surface area contributed by atoms with Crippen molar-refractivity contribution >= 4 is 31.7 Å². The lowest BCUT2D eigenvalue weighted by atomic mass is 9.65. The minimum absolute atomic E-state index is 0.00570. The van der Waals surface area contributed by atoms with Crippen LogP contribution in [-0.4, -0.2) is 56.6 Å². The fraction of sp³-hybridized carbons (Fsp3) is 0.391. The Morgan fingerprint density at radius 1 is 1.24 bits per heavy atom. The van der Waals surface area contributed by atoms with Crippen LogP contribution in [0.4, 0.5) is 0 Å². The fourth-order valence-corrected chi connectivity index (χ4v) is 5.75. The van der Waals surface area contributed by atoms with Gasteiger partial charge in [0.1, 0.15) is 16.4 Å². The van der Waals surface area contributed by atoms with E-state index in [-0.39, 0.29) is 16.0 Å². The van der Waals surface area contributed by atoms with Gasteiger partial charge in [-0.2, -0.15) is 5.26 Å². The van der Waals surface area contributed by atoms with E-state index >= 15 is 0 Å². The minimum atomic E-state index is -4.08. The average Bonchev–Trinajstić information content (AvgIpc) is 2.70. The molecule has 1 amide bonds. The first-order valence-corrected chi connectivity index (χ1v) is 12.9. The normalized spacial score (nSPS) is 15.0. The van der Waals surface area contributed by atoms with E-state index in [2.05, 4.69) is 27.3 Å². The highest BCUT2D eigenvalue weighted by molar-refractivity contribution is 9.10. The summed E-state index contributed by atoms with van der Waals surface area (Å²) >= 11 is 3.20. The van der Waals surface area contributed by atoms with E-state index in [1.54, 1.807) is 0 Å². The Labute approximate surface area is 201 Å². The number of aromatic hydroxyl groups is 2. The second-order valence-corrected chi connectivity index (χ2v) is 11.4. The van der Waals surface area contributed by atoms with Crippen LogP contribution in [0.15, 0.2) is 39.7 Å². The van der Waals surface area contributed by atoms with Crippen molar-refractivity contribution in [3.8, 4) is 17.6 Å². The lowest BCUT2D eigenvalue weighted by Crippen LogP contribution is -2.34. The van der Waals surface area contributed by atoms with Crippen molar-refractivity contribution in [2.45, 2.75) is 35.3 Å². The smallest absolute Gasteiger partial charge is 0.255 e. The van der Waals surface area contributed by atoms with Gasteiger partial charge in [0.25, 0.3) is 5.91 Å². The number of carbonyl (C=O) groups is 1. The van der Waals surface area contributed by atoms with Gasteiger partial charge in [0.05, 0.1) is 22.8 Å². The van der Waals surface area contributed by atoms with Crippen LogP contribution >= 0.6 is 15.9 Å². The SMILES string of the molecule is CN(C)CCNC(=O)c1cc(C2(C#N)CCC2)cc(CS(=O)(=O)c2cc(Br)ccc2O)c1O. The monoisotopic (exact) mass is 535 g/mol. The summed E-state index contributed by atoms with van der Waals surface area (Å²) in [5.74, 6) is -2.06. The summed E-state index contributed by atoms with van der Waals surface area (Å²) in [5, 5.41) is 33.5. The molecule has 176 valence electrons. The number of nitrogens with one attached hydrogen (secondary N) is 1. The maximum atomic E-state index is 13.1. The third kappa shape index (κ3) is 5.32. The quantitative estimate of drug-likeness (QED) is 0.473. The van der Waals surface area contributed by atoms with E-state index in [9.17, 15) is 28.7 Å². The van der Waals surface area contributed by atoms with Crippen LogP contribution in [0.3, 0.4) is 0 Å². The van der Waals surface area contributed by atoms with Gasteiger partial charge >= 0.3 is 0 Å². The molecule has 0 spiro atoms. The van der Waals surface area contributed by atoms with E-state index < -0.39 is 38.4 Å². The van der Waals surface area contributed by atoms with Gasteiger partial charge < -0.3 is 20.4 Å². The highest BCUT2D eigenvalue weighted by Gasteiger charge is 2.40. The van der Waals surface area contributed by atoms with Crippen molar-refractivity contribution in [1.82, 2.24) is 10.2 Å². The number of benzene rings is 2. The van der Waals surface area contributed by atoms with Gasteiger partial charge in [-0.3, -0.25) is 4.79 Å². The van der Waals surface area contributed by atoms with Crippen LogP contribution < -0.4 is 5.32 Å². The predicted molar refractivity (Wildman–Crippen MR) is 127 cm³/mol. The molecule has 0 aliphatic heterocycles. The Hall–Kier alpha value is -2.61. The molecule has 0 radical (unpaired) electrons. The van der Waals surface area contributed by atoms with Crippen LogP contribution in [0, 0.1) is 11.3 Å². The van der Waals surface area contributed by atoms with Crippen molar-refractivity contribution in [3.05, 3.63) is 51.5 Å². The molecule has 1 saturated carbocycles. The molecule has 0 heterocycles. The zero-order chi connectivity index (χ0) is 24.4. The molecule has 1 fully saturated rings. The summed E-state index contributed by atoms with van der Waals surface area (Å²) in [7, 11) is -0.361. The average molecular weight is 536 g/mol. The molecule has 0 saturated heterocycles. The number of nitrogens with zero attached hydrogens (tertiary/aromatic N) is 2. The van der Waals surface area contributed by atoms with Crippen LogP contribution in [0.1, 0.15) is 40.7 Å². The molecular weight excluding hydrogens is 510 g/mol. The maximum absolute atomic E-state index is 13.1. The Balaban J connectivity index is 2.06. The van der Waals surface area contributed by atoms with Crippen LogP contribution in [0.5, 0.6) is 11.5 Å². The highest BCUT2D eigenvalue weighted by atomic mass is 79.9. The lowest BCUT2D eigenvalue weighted by Gasteiger charge is -2.36. The number of hydrogen-bond acceptors (Lipinski definition) is 7. The molecule has 2 aromatic carbocycles. The first-order chi connectivity index (χ1) is 15.5. The van der Waals surface area contributed by atoms with Crippen molar-refractivity contribution in [2.75, 3.05) is 27.2 Å². The van der Waals surface area contributed by atoms with Gasteiger partial charge in [0, 0.05) is 23.1 Å². The molecular formula is C23H26BrN3O5S. The Morgan fingerprint density at radius 2 is 1.94 bits per heavy atom. The molecule has 0 atom stereocenters. The fourth-order valence-electron chi connectivity index (χ4n) is 3.76. The van der Waals surface area contributed by atoms with Gasteiger partial charge in [-0.25, -0.2) is 8.42 Å². The van der Waals surface area contributed by atoms with Crippen LogP contribution in [-0.2, 0) is 21.0 Å². The molecule has 3 N–H and O–H groups in total. The lowest BCUT2D eigenvalue weighted by molar-refractivity contribution is 0.0948. The number of rotatable bonds is 8. The first kappa shape index (κ1) is 25.0. The number of halogens is 1. The summed E-state index contributed by atoms with van der Waals surface area (Å²) in [6, 6.07) is 9.32. The predicted octanol–water partition coefficient (Wildman–Crippen LogP) is 3.07. The van der Waals surface area contributed by atoms with E-state index in [1.165, 1.54) is 30.3 Å². The maximum Gasteiger partial charge on any atom is 0.255 e. The molecule has 0 unspecified atom stereocenters. The van der Waals surface area contributed by atoms with Crippen molar-refractivity contribution in [2.24, 2.45) is 0 Å². The van der Waals surface area contributed by atoms with Crippen molar-refractivity contribution in [3.63, 3.8) is 0 Å². The van der Waals surface area contributed by atoms with Gasteiger partial charge in [0.2, 0.25) is 0 Å². The molecule has 2 aromatic rings. The van der Waals surface area contributed by atoms with Crippen LogP contribution in [0.25, 0.3) is 0 Å². The first-order valence-electron chi connectivity index (χ1n) is 10.4. The Bertz CT molecular complexity index is 1220. The number of nitriles is 1. The molecule has 8 nitrogen and oxygen atoms in total. The number of likely N-dealkylation sites (N-methyl/N-ethyl adjacent to an activating group) is 1. The topological polar surface area (TPSA) is 131 Å². The third-order valence-electron chi connectivity index (χ3n) is 5.85. The molecule has 1 aliphatic rings. The van der Waals surface area contributed by atoms with E-state index in [0.717, 1.165) is 6.42 Å². The van der Waals surface area contributed by atoms with E-state index in [4.69, 9.17) is 0 Å². The summed E-state index contributed by atoms with van der Waals surface area (Å²) in [5.41, 5.74) is -0.374. The van der Waals surface area contributed by atoms with E-state index in [0.29, 0.717) is 36.0 Å². The number of phenols is 2. The molecule has 0 aromatic heterocycles. The molecule has 10 heteroatoms. The highest BCUT2D eigenvalue weighted by Crippen LogP contribution is 2.45. The van der Waals surface area contributed by atoms with Crippen LogP contribution in [0.2, 0.25) is 0 Å². The van der Waals surface area contributed by atoms with E-state index in [1.807, 2.05) is 19.0 Å². The summed E-state index contributed by atoms with van der Waals surface area (Å²) < 4.78 is 26.7. The third-order valence-corrected chi connectivity index (χ3v) is 8.04. The Morgan fingerprint density at radius 3 is 2.52 bits per heavy atom.